The number of para-hydroxylation sites is 1. The molecular formula is C19H26N2O2. The van der Waals surface area contributed by atoms with Gasteiger partial charge in [-0.25, -0.2) is 0 Å². The predicted molar refractivity (Wildman–Crippen MR) is 93.6 cm³/mol. The maximum absolute atomic E-state index is 12.4. The second-order valence-corrected chi connectivity index (χ2v) is 5.89. The van der Waals surface area contributed by atoms with Gasteiger partial charge in [0.2, 0.25) is 5.91 Å². The fraction of sp³-hybridized carbons (Fsp3) is 0.421. The van der Waals surface area contributed by atoms with Gasteiger partial charge in [-0.1, -0.05) is 32.0 Å². The average molecular weight is 314 g/mol. The second kappa shape index (κ2) is 7.97. The van der Waals surface area contributed by atoms with Crippen molar-refractivity contribution in [2.45, 2.75) is 40.2 Å². The van der Waals surface area contributed by atoms with Gasteiger partial charge in [0.15, 0.2) is 0 Å². The van der Waals surface area contributed by atoms with Gasteiger partial charge in [0, 0.05) is 5.69 Å². The Balaban J connectivity index is 1.99. The Morgan fingerprint density at radius 3 is 2.30 bits per heavy atom. The minimum absolute atomic E-state index is 0.00591. The molecule has 0 aliphatic heterocycles. The molecule has 1 aromatic carbocycles. The van der Waals surface area contributed by atoms with Crippen LogP contribution in [0.1, 0.15) is 36.5 Å². The molecule has 1 amide bonds. The Hall–Kier alpha value is -2.07. The number of carbonyl (C=O) groups is 1. The number of aryl methyl sites for hydroxylation is 3. The first-order chi connectivity index (χ1) is 11.0. The van der Waals surface area contributed by atoms with Gasteiger partial charge >= 0.3 is 0 Å². The molecule has 0 atom stereocenters. The van der Waals surface area contributed by atoms with E-state index >= 15 is 0 Å². The van der Waals surface area contributed by atoms with E-state index in [9.17, 15) is 4.79 Å². The molecule has 0 fully saturated rings. The third-order valence-electron chi connectivity index (χ3n) is 3.90. The summed E-state index contributed by atoms with van der Waals surface area (Å²) in [5.41, 5.74) is 3.34. The first-order valence-electron chi connectivity index (χ1n) is 8.18. The fourth-order valence-electron chi connectivity index (χ4n) is 2.72. The summed E-state index contributed by atoms with van der Waals surface area (Å²) >= 11 is 0. The smallest absolute Gasteiger partial charge is 0.238 e. The molecule has 2 rings (SSSR count). The lowest BCUT2D eigenvalue weighted by Crippen LogP contribution is -2.30. The van der Waals surface area contributed by atoms with E-state index in [0.29, 0.717) is 13.1 Å². The summed E-state index contributed by atoms with van der Waals surface area (Å²) in [5.74, 6) is 1.77. The minimum atomic E-state index is 0.00591. The fourth-order valence-corrected chi connectivity index (χ4v) is 2.72. The highest BCUT2D eigenvalue weighted by molar-refractivity contribution is 5.93. The number of nitrogens with one attached hydrogen (secondary N) is 1. The largest absolute Gasteiger partial charge is 0.465 e. The van der Waals surface area contributed by atoms with E-state index in [-0.39, 0.29) is 5.91 Å². The molecule has 2 aromatic rings. The van der Waals surface area contributed by atoms with Crippen molar-refractivity contribution in [2.75, 3.05) is 18.9 Å². The van der Waals surface area contributed by atoms with Crippen molar-refractivity contribution >= 4 is 11.6 Å². The van der Waals surface area contributed by atoms with Gasteiger partial charge in [-0.3, -0.25) is 9.69 Å². The van der Waals surface area contributed by atoms with Crippen LogP contribution >= 0.6 is 0 Å². The van der Waals surface area contributed by atoms with Crippen LogP contribution in [-0.2, 0) is 24.2 Å². The number of hydrogen-bond acceptors (Lipinski definition) is 3. The van der Waals surface area contributed by atoms with Crippen LogP contribution in [0.2, 0.25) is 0 Å². The monoisotopic (exact) mass is 314 g/mol. The Kier molecular flexibility index (Phi) is 5.99. The van der Waals surface area contributed by atoms with E-state index in [1.807, 2.05) is 31.0 Å². The van der Waals surface area contributed by atoms with Gasteiger partial charge in [0.05, 0.1) is 13.1 Å². The molecule has 1 aromatic heterocycles. The summed E-state index contributed by atoms with van der Waals surface area (Å²) in [6.07, 6.45) is 1.82. The van der Waals surface area contributed by atoms with E-state index < -0.39 is 0 Å². The van der Waals surface area contributed by atoms with E-state index in [0.717, 1.165) is 30.0 Å². The number of amides is 1. The molecule has 0 aliphatic carbocycles. The minimum Gasteiger partial charge on any atom is -0.465 e. The van der Waals surface area contributed by atoms with Crippen LogP contribution in [0.5, 0.6) is 0 Å². The quantitative estimate of drug-likeness (QED) is 0.846. The Morgan fingerprint density at radius 2 is 1.78 bits per heavy atom. The van der Waals surface area contributed by atoms with Gasteiger partial charge in [0.25, 0.3) is 0 Å². The van der Waals surface area contributed by atoms with Gasteiger partial charge in [-0.2, -0.15) is 0 Å². The highest BCUT2D eigenvalue weighted by atomic mass is 16.3. The molecule has 1 heterocycles. The molecule has 124 valence electrons. The molecule has 4 heteroatoms. The molecule has 0 saturated carbocycles. The van der Waals surface area contributed by atoms with Crippen molar-refractivity contribution in [3.63, 3.8) is 0 Å². The van der Waals surface area contributed by atoms with Gasteiger partial charge in [0.1, 0.15) is 11.5 Å². The van der Waals surface area contributed by atoms with Crippen LogP contribution in [0.25, 0.3) is 0 Å². The number of anilines is 1. The second-order valence-electron chi connectivity index (χ2n) is 5.89. The van der Waals surface area contributed by atoms with Crippen molar-refractivity contribution in [3.05, 3.63) is 53.0 Å². The lowest BCUT2D eigenvalue weighted by atomic mass is 10.0. The van der Waals surface area contributed by atoms with Crippen LogP contribution in [-0.4, -0.2) is 24.4 Å². The number of benzene rings is 1. The molecular weight excluding hydrogens is 288 g/mol. The summed E-state index contributed by atoms with van der Waals surface area (Å²) in [4.78, 5) is 14.3. The van der Waals surface area contributed by atoms with Crippen LogP contribution in [0, 0.1) is 6.92 Å². The van der Waals surface area contributed by atoms with Crippen molar-refractivity contribution < 1.29 is 9.21 Å². The topological polar surface area (TPSA) is 45.5 Å². The van der Waals surface area contributed by atoms with Crippen LogP contribution in [0.4, 0.5) is 5.69 Å². The first-order valence-corrected chi connectivity index (χ1v) is 8.18. The molecule has 0 saturated heterocycles. The third-order valence-corrected chi connectivity index (χ3v) is 3.90. The molecule has 0 radical (unpaired) electrons. The Labute approximate surface area is 138 Å². The SMILES string of the molecule is CCc1cccc(CC)c1NC(=O)CN(C)Cc1ccc(C)o1. The molecule has 0 unspecified atom stereocenters. The molecule has 1 N–H and O–H groups in total. The lowest BCUT2D eigenvalue weighted by molar-refractivity contribution is -0.117. The van der Waals surface area contributed by atoms with E-state index in [2.05, 4.69) is 37.4 Å². The third kappa shape index (κ3) is 4.70. The van der Waals surface area contributed by atoms with E-state index in [1.165, 1.54) is 11.1 Å². The summed E-state index contributed by atoms with van der Waals surface area (Å²) < 4.78 is 5.55. The Bertz CT molecular complexity index is 639. The maximum Gasteiger partial charge on any atom is 0.238 e. The molecule has 0 bridgehead atoms. The number of nitrogens with zero attached hydrogens (tertiary/aromatic N) is 1. The number of hydrogen-bond donors (Lipinski definition) is 1. The van der Waals surface area contributed by atoms with Crippen molar-refractivity contribution in [2.24, 2.45) is 0 Å². The van der Waals surface area contributed by atoms with E-state index in [1.54, 1.807) is 0 Å². The van der Waals surface area contributed by atoms with Gasteiger partial charge in [-0.05, 0) is 50.1 Å². The lowest BCUT2D eigenvalue weighted by Gasteiger charge is -2.18. The average Bonchev–Trinajstić information content (AvgIpc) is 2.92. The number of likely N-dealkylation sites (N-methyl/N-ethyl adjacent to an activating group) is 1. The zero-order chi connectivity index (χ0) is 16.8. The van der Waals surface area contributed by atoms with Crippen molar-refractivity contribution in [1.29, 1.82) is 0 Å². The first kappa shape index (κ1) is 17.3. The highest BCUT2D eigenvalue weighted by Gasteiger charge is 2.13. The summed E-state index contributed by atoms with van der Waals surface area (Å²) in [6, 6.07) is 10.1. The maximum atomic E-state index is 12.4. The van der Waals surface area contributed by atoms with Gasteiger partial charge in [-0.15, -0.1) is 0 Å². The molecule has 0 spiro atoms. The number of furan rings is 1. The van der Waals surface area contributed by atoms with Crippen LogP contribution in [0.3, 0.4) is 0 Å². The van der Waals surface area contributed by atoms with E-state index in [4.69, 9.17) is 4.42 Å². The van der Waals surface area contributed by atoms with Gasteiger partial charge < -0.3 is 9.73 Å². The van der Waals surface area contributed by atoms with Crippen molar-refractivity contribution in [1.82, 2.24) is 4.90 Å². The highest BCUT2D eigenvalue weighted by Crippen LogP contribution is 2.22. The predicted octanol–water partition coefficient (Wildman–Crippen LogP) is 3.78. The van der Waals surface area contributed by atoms with Crippen LogP contribution in [0.15, 0.2) is 34.7 Å². The molecule has 0 aliphatic rings. The molecule has 4 nitrogen and oxygen atoms in total. The number of rotatable bonds is 7. The zero-order valence-corrected chi connectivity index (χ0v) is 14.5. The summed E-state index contributed by atoms with van der Waals surface area (Å²) in [7, 11) is 1.92. The Morgan fingerprint density at radius 1 is 1.13 bits per heavy atom. The normalized spacial score (nSPS) is 11.0. The molecule has 23 heavy (non-hydrogen) atoms. The zero-order valence-electron chi connectivity index (χ0n) is 14.5. The number of carbonyl (C=O) groups excluding carboxylic acids is 1. The van der Waals surface area contributed by atoms with Crippen LogP contribution < -0.4 is 5.32 Å². The summed E-state index contributed by atoms with van der Waals surface area (Å²) in [5, 5.41) is 3.09. The standard InChI is InChI=1S/C19H26N2O2/c1-5-15-8-7-9-16(6-2)19(15)20-18(22)13-21(4)12-17-11-10-14(3)23-17/h7-11H,5-6,12-13H2,1-4H3,(H,20,22). The van der Waals surface area contributed by atoms with Crippen molar-refractivity contribution in [3.8, 4) is 0 Å². The summed E-state index contributed by atoms with van der Waals surface area (Å²) in [6.45, 7) is 7.09.